The molecule has 126 valence electrons. The van der Waals surface area contributed by atoms with Crippen LogP contribution in [0.25, 0.3) is 0 Å². The van der Waals surface area contributed by atoms with Crippen molar-refractivity contribution in [2.45, 2.75) is 64.8 Å². The topological polar surface area (TPSA) is 71.1 Å². The Morgan fingerprint density at radius 2 is 1.91 bits per heavy atom. The van der Waals surface area contributed by atoms with Crippen molar-refractivity contribution in [1.82, 2.24) is 0 Å². The zero-order valence-corrected chi connectivity index (χ0v) is 13.6. The van der Waals surface area contributed by atoms with E-state index in [9.17, 15) is 9.59 Å². The van der Waals surface area contributed by atoms with Crippen LogP contribution in [0.5, 0.6) is 0 Å². The largest absolute Gasteiger partial charge is 0.435 e. The fourth-order valence-electron chi connectivity index (χ4n) is 2.09. The van der Waals surface area contributed by atoms with Crippen LogP contribution in [0.1, 0.15) is 52.4 Å². The van der Waals surface area contributed by atoms with Gasteiger partial charge in [0.15, 0.2) is 0 Å². The summed E-state index contributed by atoms with van der Waals surface area (Å²) in [6, 6.07) is 0. The Morgan fingerprint density at radius 3 is 2.55 bits per heavy atom. The van der Waals surface area contributed by atoms with Crippen molar-refractivity contribution >= 4 is 11.9 Å². The molecule has 0 N–H and O–H groups in total. The van der Waals surface area contributed by atoms with Gasteiger partial charge in [0.1, 0.15) is 5.76 Å². The number of ether oxygens (including phenoxy) is 4. The van der Waals surface area contributed by atoms with Crippen molar-refractivity contribution < 1.29 is 28.5 Å². The van der Waals surface area contributed by atoms with Crippen molar-refractivity contribution in [3.8, 4) is 0 Å². The summed E-state index contributed by atoms with van der Waals surface area (Å²) in [5, 5.41) is 0. The van der Waals surface area contributed by atoms with Gasteiger partial charge in [0.25, 0.3) is 0 Å². The highest BCUT2D eigenvalue weighted by Gasteiger charge is 2.26. The molecule has 0 aromatic heterocycles. The van der Waals surface area contributed by atoms with Crippen molar-refractivity contribution in [2.24, 2.45) is 0 Å². The van der Waals surface area contributed by atoms with Crippen molar-refractivity contribution in [1.29, 1.82) is 0 Å². The predicted molar refractivity (Wildman–Crippen MR) is 79.9 cm³/mol. The van der Waals surface area contributed by atoms with Crippen molar-refractivity contribution in [3.63, 3.8) is 0 Å². The van der Waals surface area contributed by atoms with Crippen LogP contribution in [0.3, 0.4) is 0 Å². The quantitative estimate of drug-likeness (QED) is 0.642. The van der Waals surface area contributed by atoms with Crippen LogP contribution in [0, 0.1) is 0 Å². The van der Waals surface area contributed by atoms with Gasteiger partial charge >= 0.3 is 11.9 Å². The molecule has 2 atom stereocenters. The van der Waals surface area contributed by atoms with Crippen LogP contribution in [0.2, 0.25) is 0 Å². The fraction of sp³-hybridized carbons (Fsp3) is 0.750. The molecule has 6 heteroatoms. The van der Waals surface area contributed by atoms with Gasteiger partial charge in [-0.3, -0.25) is 9.59 Å². The van der Waals surface area contributed by atoms with Crippen LogP contribution < -0.4 is 0 Å². The van der Waals surface area contributed by atoms with Gasteiger partial charge < -0.3 is 18.9 Å². The average molecular weight is 314 g/mol. The summed E-state index contributed by atoms with van der Waals surface area (Å²) in [5.74, 6) is -0.103. The Balaban J connectivity index is 2.68. The third-order valence-electron chi connectivity index (χ3n) is 3.09. The summed E-state index contributed by atoms with van der Waals surface area (Å²) in [6.07, 6.45) is 3.75. The minimum atomic E-state index is -0.748. The lowest BCUT2D eigenvalue weighted by molar-refractivity contribution is -0.193. The molecule has 1 aliphatic heterocycles. The normalized spacial score (nSPS) is 21.7. The van der Waals surface area contributed by atoms with Gasteiger partial charge in [-0.15, -0.1) is 0 Å². The zero-order chi connectivity index (χ0) is 16.4. The Labute approximate surface area is 131 Å². The smallest absolute Gasteiger partial charge is 0.310 e. The molecule has 0 fully saturated rings. The van der Waals surface area contributed by atoms with Gasteiger partial charge in [-0.05, 0) is 25.3 Å². The summed E-state index contributed by atoms with van der Waals surface area (Å²) < 4.78 is 21.5. The standard InChI is InChI=1S/C16H26O6/c1-4-6-14(17)20-12-8-9-13(11-19-3)21-16(10-12)22-15(18)7-5-2/h8,13,16H,4-7,9-11H2,1-3H3. The van der Waals surface area contributed by atoms with Crippen LogP contribution >= 0.6 is 0 Å². The molecule has 0 saturated carbocycles. The molecule has 1 heterocycles. The SMILES string of the molecule is CCCC(=O)OC1=CCC(COC)OC(OC(=O)CCC)C1. The molecule has 0 amide bonds. The number of esters is 2. The number of rotatable bonds is 8. The first-order valence-electron chi connectivity index (χ1n) is 7.82. The minimum absolute atomic E-state index is 0.230. The minimum Gasteiger partial charge on any atom is -0.435 e. The molecule has 0 aliphatic carbocycles. The second-order valence-electron chi connectivity index (χ2n) is 5.22. The first kappa shape index (κ1) is 18.6. The van der Waals surface area contributed by atoms with E-state index in [-0.39, 0.29) is 24.5 Å². The lowest BCUT2D eigenvalue weighted by Gasteiger charge is -2.21. The number of methoxy groups -OCH3 is 1. The number of carbonyl (C=O) groups is 2. The van der Waals surface area contributed by atoms with E-state index in [1.807, 2.05) is 19.9 Å². The van der Waals surface area contributed by atoms with Crippen LogP contribution in [0.15, 0.2) is 11.8 Å². The maximum Gasteiger partial charge on any atom is 0.310 e. The maximum atomic E-state index is 11.7. The van der Waals surface area contributed by atoms with Gasteiger partial charge in [0.2, 0.25) is 6.29 Å². The molecule has 0 saturated heterocycles. The van der Waals surface area contributed by atoms with Crippen molar-refractivity contribution in [2.75, 3.05) is 13.7 Å². The van der Waals surface area contributed by atoms with Gasteiger partial charge in [-0.2, -0.15) is 0 Å². The Hall–Kier alpha value is -1.40. The molecule has 2 unspecified atom stereocenters. The van der Waals surface area contributed by atoms with Crippen LogP contribution in [0.4, 0.5) is 0 Å². The molecule has 1 rings (SSSR count). The Kier molecular flexibility index (Phi) is 8.77. The predicted octanol–water partition coefficient (Wildman–Crippen LogP) is 2.71. The van der Waals surface area contributed by atoms with Gasteiger partial charge in [-0.1, -0.05) is 13.8 Å². The van der Waals surface area contributed by atoms with E-state index < -0.39 is 6.29 Å². The summed E-state index contributed by atoms with van der Waals surface area (Å²) >= 11 is 0. The maximum absolute atomic E-state index is 11.7. The fourth-order valence-corrected chi connectivity index (χ4v) is 2.09. The average Bonchev–Trinajstić information content (AvgIpc) is 2.62. The van der Waals surface area contributed by atoms with E-state index in [1.54, 1.807) is 7.11 Å². The van der Waals surface area contributed by atoms with Crippen LogP contribution in [-0.2, 0) is 28.5 Å². The highest BCUT2D eigenvalue weighted by Crippen LogP contribution is 2.22. The second kappa shape index (κ2) is 10.3. The summed E-state index contributed by atoms with van der Waals surface area (Å²) in [5.41, 5.74) is 0. The van der Waals surface area contributed by atoms with E-state index in [2.05, 4.69) is 0 Å². The summed E-state index contributed by atoms with van der Waals surface area (Å²) in [7, 11) is 1.58. The molecule has 22 heavy (non-hydrogen) atoms. The first-order chi connectivity index (χ1) is 10.6. The Bertz CT molecular complexity index is 390. The molecule has 0 radical (unpaired) electrons. The molecule has 0 bridgehead atoms. The molecule has 0 spiro atoms. The van der Waals surface area contributed by atoms with E-state index in [0.29, 0.717) is 38.0 Å². The monoisotopic (exact) mass is 314 g/mol. The molecule has 0 aromatic carbocycles. The van der Waals surface area contributed by atoms with Gasteiger partial charge in [0, 0.05) is 20.0 Å². The molecule has 6 nitrogen and oxygen atoms in total. The van der Waals surface area contributed by atoms with E-state index in [0.717, 1.165) is 6.42 Å². The number of hydrogen-bond donors (Lipinski definition) is 0. The lowest BCUT2D eigenvalue weighted by Crippen LogP contribution is -2.28. The molecular formula is C16H26O6. The van der Waals surface area contributed by atoms with E-state index in [4.69, 9.17) is 18.9 Å². The Morgan fingerprint density at radius 1 is 1.23 bits per heavy atom. The van der Waals surface area contributed by atoms with E-state index >= 15 is 0 Å². The third kappa shape index (κ3) is 7.04. The number of carbonyl (C=O) groups excluding carboxylic acids is 2. The zero-order valence-electron chi connectivity index (χ0n) is 13.6. The number of hydrogen-bond acceptors (Lipinski definition) is 6. The highest BCUT2D eigenvalue weighted by atomic mass is 16.7. The van der Waals surface area contributed by atoms with E-state index in [1.165, 1.54) is 0 Å². The van der Waals surface area contributed by atoms with Gasteiger partial charge in [0.05, 0.1) is 19.1 Å². The van der Waals surface area contributed by atoms with Gasteiger partial charge in [-0.25, -0.2) is 0 Å². The first-order valence-corrected chi connectivity index (χ1v) is 7.82. The summed E-state index contributed by atoms with van der Waals surface area (Å²) in [4.78, 5) is 23.3. The van der Waals surface area contributed by atoms with Crippen LogP contribution in [-0.4, -0.2) is 38.0 Å². The van der Waals surface area contributed by atoms with Crippen molar-refractivity contribution in [3.05, 3.63) is 11.8 Å². The molecule has 1 aliphatic rings. The third-order valence-corrected chi connectivity index (χ3v) is 3.09. The molecular weight excluding hydrogens is 288 g/mol. The lowest BCUT2D eigenvalue weighted by atomic mass is 10.2. The second-order valence-corrected chi connectivity index (χ2v) is 5.22. The molecule has 0 aromatic rings. The summed E-state index contributed by atoms with van der Waals surface area (Å²) in [6.45, 7) is 4.20. The highest BCUT2D eigenvalue weighted by molar-refractivity contribution is 5.70.